The van der Waals surface area contributed by atoms with Crippen molar-refractivity contribution in [2.75, 3.05) is 4.90 Å². The molecule has 4 rings (SSSR count). The minimum atomic E-state index is -1.62. The quantitative estimate of drug-likeness (QED) is 0.257. The largest absolute Gasteiger partial charge is 0.363 e. The summed E-state index contributed by atoms with van der Waals surface area (Å²) in [6.07, 6.45) is 0.698. The molecule has 0 spiro atoms. The SMILES string of the molecule is Cc1cc(C#Cc2ccccc2N(C=O)Cc2ccc(-c3ccccc3)cc2)cnc1C(O)O. The lowest BCUT2D eigenvalue weighted by Crippen LogP contribution is -2.21. The Hall–Kier alpha value is -4.24. The summed E-state index contributed by atoms with van der Waals surface area (Å²) < 4.78 is 0. The molecule has 0 fully saturated rings. The number of anilines is 1. The number of aliphatic hydroxyl groups excluding tert-OH is 1. The smallest absolute Gasteiger partial charge is 0.214 e. The number of aromatic nitrogens is 1. The Bertz CT molecular complexity index is 1340. The van der Waals surface area contributed by atoms with E-state index in [0.717, 1.165) is 23.1 Å². The van der Waals surface area contributed by atoms with Crippen LogP contribution in [0.3, 0.4) is 0 Å². The molecule has 34 heavy (non-hydrogen) atoms. The first-order valence-electron chi connectivity index (χ1n) is 10.8. The summed E-state index contributed by atoms with van der Waals surface area (Å²) >= 11 is 0. The Morgan fingerprint density at radius 3 is 2.26 bits per heavy atom. The summed E-state index contributed by atoms with van der Waals surface area (Å²) in [4.78, 5) is 17.7. The Balaban J connectivity index is 1.56. The van der Waals surface area contributed by atoms with E-state index >= 15 is 0 Å². The van der Waals surface area contributed by atoms with Gasteiger partial charge in [0.15, 0.2) is 6.29 Å². The molecule has 0 aliphatic carbocycles. The van der Waals surface area contributed by atoms with Gasteiger partial charge in [-0.25, -0.2) is 0 Å². The van der Waals surface area contributed by atoms with E-state index in [-0.39, 0.29) is 5.69 Å². The summed E-state index contributed by atoms with van der Waals surface area (Å²) in [5.41, 5.74) is 6.19. The van der Waals surface area contributed by atoms with Gasteiger partial charge in [-0.1, -0.05) is 78.6 Å². The minimum Gasteiger partial charge on any atom is -0.363 e. The molecule has 5 heteroatoms. The molecule has 0 aliphatic heterocycles. The van der Waals surface area contributed by atoms with Crippen molar-refractivity contribution in [2.24, 2.45) is 0 Å². The second-order valence-electron chi connectivity index (χ2n) is 7.86. The molecule has 0 bridgehead atoms. The highest BCUT2D eigenvalue weighted by Gasteiger charge is 2.11. The van der Waals surface area contributed by atoms with Crippen molar-refractivity contribution in [3.05, 3.63) is 119 Å². The fourth-order valence-electron chi connectivity index (χ4n) is 3.70. The number of aliphatic hydroxyl groups is 2. The number of para-hydroxylation sites is 1. The van der Waals surface area contributed by atoms with Crippen molar-refractivity contribution in [1.82, 2.24) is 4.98 Å². The molecule has 1 heterocycles. The molecule has 0 saturated heterocycles. The Morgan fingerprint density at radius 1 is 0.912 bits per heavy atom. The molecule has 3 aromatic carbocycles. The Kier molecular flexibility index (Phi) is 7.14. The fourth-order valence-corrected chi connectivity index (χ4v) is 3.70. The Labute approximate surface area is 199 Å². The third-order valence-corrected chi connectivity index (χ3v) is 5.46. The van der Waals surface area contributed by atoms with Crippen molar-refractivity contribution in [2.45, 2.75) is 19.8 Å². The van der Waals surface area contributed by atoms with Gasteiger partial charge in [0.1, 0.15) is 0 Å². The maximum Gasteiger partial charge on any atom is 0.214 e. The molecule has 0 saturated carbocycles. The van der Waals surface area contributed by atoms with Gasteiger partial charge in [0.25, 0.3) is 0 Å². The van der Waals surface area contributed by atoms with Gasteiger partial charge in [-0.15, -0.1) is 0 Å². The summed E-state index contributed by atoms with van der Waals surface area (Å²) in [5.74, 6) is 6.18. The summed E-state index contributed by atoms with van der Waals surface area (Å²) in [6.45, 7) is 2.17. The average molecular weight is 449 g/mol. The van der Waals surface area contributed by atoms with Crippen molar-refractivity contribution >= 4 is 12.1 Å². The van der Waals surface area contributed by atoms with E-state index < -0.39 is 6.29 Å². The number of carbonyl (C=O) groups excluding carboxylic acids is 1. The number of benzene rings is 3. The summed E-state index contributed by atoms with van der Waals surface area (Å²) in [5, 5.41) is 18.7. The number of carbonyl (C=O) groups is 1. The molecule has 0 unspecified atom stereocenters. The van der Waals surface area contributed by atoms with Crippen LogP contribution in [0.1, 0.15) is 34.2 Å². The van der Waals surface area contributed by atoms with Crippen LogP contribution in [0.15, 0.2) is 91.1 Å². The topological polar surface area (TPSA) is 73.7 Å². The first kappa shape index (κ1) is 22.9. The molecule has 1 amide bonds. The zero-order chi connectivity index (χ0) is 23.9. The molecule has 2 N–H and O–H groups in total. The van der Waals surface area contributed by atoms with E-state index in [9.17, 15) is 15.0 Å². The van der Waals surface area contributed by atoms with Crippen LogP contribution < -0.4 is 4.90 Å². The van der Waals surface area contributed by atoms with Crippen molar-refractivity contribution in [3.8, 4) is 23.0 Å². The fraction of sp³-hybridized carbons (Fsp3) is 0.103. The number of hydrogen-bond donors (Lipinski definition) is 2. The highest BCUT2D eigenvalue weighted by atomic mass is 16.5. The number of hydrogen-bond acceptors (Lipinski definition) is 4. The van der Waals surface area contributed by atoms with E-state index in [2.05, 4.69) is 41.1 Å². The number of nitrogens with zero attached hydrogens (tertiary/aromatic N) is 2. The number of rotatable bonds is 6. The number of pyridine rings is 1. The Morgan fingerprint density at radius 2 is 1.59 bits per heavy atom. The second kappa shape index (κ2) is 10.6. The maximum absolute atomic E-state index is 12.0. The molecule has 0 atom stereocenters. The normalized spacial score (nSPS) is 10.5. The monoisotopic (exact) mass is 448 g/mol. The van der Waals surface area contributed by atoms with Crippen LogP contribution in [0.4, 0.5) is 5.69 Å². The van der Waals surface area contributed by atoms with Gasteiger partial charge in [-0.2, -0.15) is 0 Å². The zero-order valence-electron chi connectivity index (χ0n) is 18.7. The summed E-state index contributed by atoms with van der Waals surface area (Å²) in [7, 11) is 0. The van der Waals surface area contributed by atoms with Crippen LogP contribution in [0.5, 0.6) is 0 Å². The van der Waals surface area contributed by atoms with E-state index in [1.807, 2.05) is 54.6 Å². The lowest BCUT2D eigenvalue weighted by molar-refractivity contribution is -0.107. The van der Waals surface area contributed by atoms with Gasteiger partial charge in [0.05, 0.1) is 17.9 Å². The van der Waals surface area contributed by atoms with Crippen molar-refractivity contribution in [3.63, 3.8) is 0 Å². The van der Waals surface area contributed by atoms with Gasteiger partial charge < -0.3 is 15.1 Å². The van der Waals surface area contributed by atoms with Crippen LogP contribution in [-0.2, 0) is 11.3 Å². The van der Waals surface area contributed by atoms with Crippen LogP contribution in [0, 0.1) is 18.8 Å². The highest BCUT2D eigenvalue weighted by Crippen LogP contribution is 2.23. The third kappa shape index (κ3) is 5.38. The van der Waals surface area contributed by atoms with Gasteiger partial charge in [0, 0.05) is 17.3 Å². The van der Waals surface area contributed by atoms with Crippen LogP contribution in [0.2, 0.25) is 0 Å². The lowest BCUT2D eigenvalue weighted by atomic mass is 10.0. The lowest BCUT2D eigenvalue weighted by Gasteiger charge is -2.19. The molecule has 0 radical (unpaired) electrons. The van der Waals surface area contributed by atoms with E-state index in [1.54, 1.807) is 17.9 Å². The van der Waals surface area contributed by atoms with Gasteiger partial charge in [0.2, 0.25) is 6.41 Å². The predicted octanol–water partition coefficient (Wildman–Crippen LogP) is 4.60. The van der Waals surface area contributed by atoms with E-state index in [4.69, 9.17) is 0 Å². The van der Waals surface area contributed by atoms with Gasteiger partial charge >= 0.3 is 0 Å². The van der Waals surface area contributed by atoms with E-state index in [1.165, 1.54) is 6.20 Å². The molecular formula is C29H24N2O3. The van der Waals surface area contributed by atoms with Gasteiger partial charge in [-0.05, 0) is 47.4 Å². The third-order valence-electron chi connectivity index (χ3n) is 5.46. The van der Waals surface area contributed by atoms with Crippen LogP contribution in [-0.4, -0.2) is 21.6 Å². The molecule has 168 valence electrons. The maximum atomic E-state index is 12.0. The molecule has 4 aromatic rings. The second-order valence-corrected chi connectivity index (χ2v) is 7.86. The van der Waals surface area contributed by atoms with Crippen LogP contribution >= 0.6 is 0 Å². The van der Waals surface area contributed by atoms with E-state index in [0.29, 0.717) is 28.9 Å². The highest BCUT2D eigenvalue weighted by molar-refractivity contribution is 5.79. The predicted molar refractivity (Wildman–Crippen MR) is 133 cm³/mol. The summed E-state index contributed by atoms with van der Waals surface area (Å²) in [6, 6.07) is 27.5. The standard InChI is InChI=1S/C29H24N2O3/c1-21-17-23(18-30-28(21)29(33)34)13-16-26-9-5-6-10-27(26)31(20-32)19-22-11-14-25(15-12-22)24-7-3-2-4-8-24/h2-12,14-15,17-18,20,29,33-34H,19H2,1H3. The van der Waals surface area contributed by atoms with Gasteiger partial charge in [-0.3, -0.25) is 9.78 Å². The molecule has 5 nitrogen and oxygen atoms in total. The number of aryl methyl sites for hydroxylation is 1. The molecular weight excluding hydrogens is 424 g/mol. The number of amides is 1. The van der Waals surface area contributed by atoms with Crippen molar-refractivity contribution in [1.29, 1.82) is 0 Å². The minimum absolute atomic E-state index is 0.205. The first-order chi connectivity index (χ1) is 16.5. The average Bonchev–Trinajstić information content (AvgIpc) is 2.87. The molecule has 1 aromatic heterocycles. The molecule has 0 aliphatic rings. The zero-order valence-corrected chi connectivity index (χ0v) is 18.7. The van der Waals surface area contributed by atoms with Crippen molar-refractivity contribution < 1.29 is 15.0 Å². The van der Waals surface area contributed by atoms with Crippen LogP contribution in [0.25, 0.3) is 11.1 Å². The first-order valence-corrected chi connectivity index (χ1v) is 10.8.